The zero-order valence-corrected chi connectivity index (χ0v) is 18.2. The summed E-state index contributed by atoms with van der Waals surface area (Å²) in [4.78, 5) is 0. The minimum absolute atomic E-state index is 0.0570. The van der Waals surface area contributed by atoms with Gasteiger partial charge in [0, 0.05) is 17.5 Å². The van der Waals surface area contributed by atoms with Gasteiger partial charge < -0.3 is 14.6 Å². The van der Waals surface area contributed by atoms with Crippen LogP contribution in [0.3, 0.4) is 0 Å². The largest absolute Gasteiger partial charge is 0.506 e. The fourth-order valence-corrected chi connectivity index (χ4v) is 3.19. The van der Waals surface area contributed by atoms with Gasteiger partial charge >= 0.3 is 0 Å². The quantitative estimate of drug-likeness (QED) is 0.264. The molecular weight excluding hydrogens is 400 g/mol. The fraction of sp³-hybridized carbons (Fsp3) is 0.333. The summed E-state index contributed by atoms with van der Waals surface area (Å²) in [7, 11) is 0. The van der Waals surface area contributed by atoms with Crippen LogP contribution in [0.2, 0.25) is 5.02 Å². The summed E-state index contributed by atoms with van der Waals surface area (Å²) in [5.41, 5.74) is 0.815. The van der Waals surface area contributed by atoms with Crippen LogP contribution in [-0.2, 0) is 0 Å². The number of benzene rings is 3. The van der Waals surface area contributed by atoms with E-state index in [9.17, 15) is 5.11 Å². The molecule has 0 aromatic heterocycles. The number of phenols is 1. The standard InChI is InChI=1S/C24H27ClN2O3/c1-3-5-13-29-18-15-20(25)24(22(16-18)30-14-6-4-2)27-26-23-19-10-8-7-9-17(19)11-12-21(23)28/h7-12,15-16,28H,3-6,13-14H2,1-2H3. The van der Waals surface area contributed by atoms with Crippen LogP contribution in [0.1, 0.15) is 39.5 Å². The first-order valence-electron chi connectivity index (χ1n) is 10.4. The lowest BCUT2D eigenvalue weighted by Crippen LogP contribution is -2.00. The molecule has 0 radical (unpaired) electrons. The van der Waals surface area contributed by atoms with Crippen molar-refractivity contribution in [2.75, 3.05) is 13.2 Å². The molecule has 0 unspecified atom stereocenters. The lowest BCUT2D eigenvalue weighted by Gasteiger charge is -2.13. The zero-order chi connectivity index (χ0) is 21.3. The molecule has 6 heteroatoms. The van der Waals surface area contributed by atoms with Gasteiger partial charge in [-0.2, -0.15) is 0 Å². The van der Waals surface area contributed by atoms with Crippen LogP contribution in [0, 0.1) is 0 Å². The van der Waals surface area contributed by atoms with Gasteiger partial charge in [-0.3, -0.25) is 0 Å². The first-order chi connectivity index (χ1) is 14.6. The molecule has 5 nitrogen and oxygen atoms in total. The predicted molar refractivity (Wildman–Crippen MR) is 122 cm³/mol. The maximum Gasteiger partial charge on any atom is 0.152 e. The SMILES string of the molecule is CCCCOc1cc(Cl)c(N=Nc2c(O)ccc3ccccc23)c(OCCCC)c1. The van der Waals surface area contributed by atoms with Crippen LogP contribution in [0.5, 0.6) is 17.2 Å². The van der Waals surface area contributed by atoms with Crippen molar-refractivity contribution in [2.24, 2.45) is 10.2 Å². The third kappa shape index (κ3) is 5.42. The monoisotopic (exact) mass is 426 g/mol. The molecule has 30 heavy (non-hydrogen) atoms. The average Bonchev–Trinajstić information content (AvgIpc) is 2.74. The topological polar surface area (TPSA) is 63.4 Å². The van der Waals surface area contributed by atoms with Crippen LogP contribution in [-0.4, -0.2) is 18.3 Å². The molecule has 1 N–H and O–H groups in total. The molecule has 0 bridgehead atoms. The van der Waals surface area contributed by atoms with Crippen molar-refractivity contribution in [3.05, 3.63) is 53.6 Å². The molecule has 3 rings (SSSR count). The predicted octanol–water partition coefficient (Wildman–Crippen LogP) is 7.97. The van der Waals surface area contributed by atoms with Gasteiger partial charge in [-0.15, -0.1) is 10.2 Å². The van der Waals surface area contributed by atoms with E-state index in [0.29, 0.717) is 41.1 Å². The molecule has 0 atom stereocenters. The van der Waals surface area contributed by atoms with Gasteiger partial charge in [0.1, 0.15) is 22.9 Å². The summed E-state index contributed by atoms with van der Waals surface area (Å²) in [6, 6.07) is 14.7. The Morgan fingerprint density at radius 1 is 0.867 bits per heavy atom. The lowest BCUT2D eigenvalue weighted by atomic mass is 10.1. The van der Waals surface area contributed by atoms with E-state index in [1.807, 2.05) is 30.3 Å². The maximum absolute atomic E-state index is 10.3. The van der Waals surface area contributed by atoms with Gasteiger partial charge in [-0.05, 0) is 24.3 Å². The lowest BCUT2D eigenvalue weighted by molar-refractivity contribution is 0.295. The number of hydrogen-bond donors (Lipinski definition) is 1. The normalized spacial score (nSPS) is 11.3. The number of unbranched alkanes of at least 4 members (excludes halogenated alkanes) is 2. The number of ether oxygens (including phenoxy) is 2. The number of rotatable bonds is 10. The Balaban J connectivity index is 1.97. The van der Waals surface area contributed by atoms with Crippen LogP contribution in [0.15, 0.2) is 58.8 Å². The third-order valence-corrected chi connectivity index (χ3v) is 4.94. The molecule has 0 heterocycles. The van der Waals surface area contributed by atoms with Gasteiger partial charge in [0.2, 0.25) is 0 Å². The highest BCUT2D eigenvalue weighted by atomic mass is 35.5. The van der Waals surface area contributed by atoms with Crippen LogP contribution >= 0.6 is 11.6 Å². The molecule has 0 aliphatic carbocycles. The van der Waals surface area contributed by atoms with E-state index < -0.39 is 0 Å². The highest BCUT2D eigenvalue weighted by Crippen LogP contribution is 2.42. The molecule has 0 amide bonds. The first-order valence-corrected chi connectivity index (χ1v) is 10.7. The van der Waals surface area contributed by atoms with Crippen molar-refractivity contribution >= 4 is 33.7 Å². The second-order valence-corrected chi connectivity index (χ2v) is 7.42. The number of azo groups is 1. The summed E-state index contributed by atoms with van der Waals surface area (Å²) in [6.45, 7) is 5.38. The molecule has 0 fully saturated rings. The second-order valence-electron chi connectivity index (χ2n) is 7.01. The minimum Gasteiger partial charge on any atom is -0.506 e. The van der Waals surface area contributed by atoms with Gasteiger partial charge in [0.05, 0.1) is 18.2 Å². The molecule has 0 saturated carbocycles. The Kier molecular flexibility index (Phi) is 7.91. The number of fused-ring (bicyclic) bond motifs is 1. The number of hydrogen-bond acceptors (Lipinski definition) is 5. The average molecular weight is 427 g/mol. The molecule has 3 aromatic rings. The Morgan fingerprint density at radius 2 is 1.57 bits per heavy atom. The van der Waals surface area contributed by atoms with E-state index in [-0.39, 0.29) is 5.75 Å². The van der Waals surface area contributed by atoms with Gasteiger partial charge in [0.25, 0.3) is 0 Å². The van der Waals surface area contributed by atoms with E-state index in [2.05, 4.69) is 24.1 Å². The van der Waals surface area contributed by atoms with Crippen molar-refractivity contribution in [1.29, 1.82) is 0 Å². The fourth-order valence-electron chi connectivity index (χ4n) is 2.95. The number of aromatic hydroxyl groups is 1. The van der Waals surface area contributed by atoms with E-state index in [1.54, 1.807) is 18.2 Å². The second kappa shape index (κ2) is 10.8. The summed E-state index contributed by atoms with van der Waals surface area (Å²) in [5.74, 6) is 1.22. The Hall–Kier alpha value is -2.79. The summed E-state index contributed by atoms with van der Waals surface area (Å²) < 4.78 is 11.7. The third-order valence-electron chi connectivity index (χ3n) is 4.65. The Bertz CT molecular complexity index is 1020. The van der Waals surface area contributed by atoms with Gasteiger partial charge in [-0.25, -0.2) is 0 Å². The molecule has 0 spiro atoms. The highest BCUT2D eigenvalue weighted by Gasteiger charge is 2.13. The number of nitrogens with zero attached hydrogens (tertiary/aromatic N) is 2. The van der Waals surface area contributed by atoms with Crippen molar-refractivity contribution in [1.82, 2.24) is 0 Å². The van der Waals surface area contributed by atoms with Crippen molar-refractivity contribution in [2.45, 2.75) is 39.5 Å². The van der Waals surface area contributed by atoms with Crippen molar-refractivity contribution < 1.29 is 14.6 Å². The molecule has 0 aliphatic rings. The smallest absolute Gasteiger partial charge is 0.152 e. The minimum atomic E-state index is 0.0570. The first kappa shape index (κ1) is 21.9. The van der Waals surface area contributed by atoms with Crippen LogP contribution in [0.4, 0.5) is 11.4 Å². The van der Waals surface area contributed by atoms with Crippen LogP contribution in [0.25, 0.3) is 10.8 Å². The van der Waals surface area contributed by atoms with Crippen LogP contribution < -0.4 is 9.47 Å². The summed E-state index contributed by atoms with van der Waals surface area (Å²) >= 11 is 6.51. The molecule has 0 aliphatic heterocycles. The number of halogens is 1. The maximum atomic E-state index is 10.3. The molecule has 0 saturated heterocycles. The Morgan fingerprint density at radius 3 is 2.33 bits per heavy atom. The van der Waals surface area contributed by atoms with E-state index >= 15 is 0 Å². The van der Waals surface area contributed by atoms with Gasteiger partial charge in [-0.1, -0.05) is 68.6 Å². The van der Waals surface area contributed by atoms with Crippen molar-refractivity contribution in [3.63, 3.8) is 0 Å². The zero-order valence-electron chi connectivity index (χ0n) is 17.4. The van der Waals surface area contributed by atoms with E-state index in [4.69, 9.17) is 21.1 Å². The molecule has 3 aromatic carbocycles. The summed E-state index contributed by atoms with van der Waals surface area (Å²) in [6.07, 6.45) is 3.94. The molecular formula is C24H27ClN2O3. The molecule has 158 valence electrons. The van der Waals surface area contributed by atoms with Gasteiger partial charge in [0.15, 0.2) is 5.75 Å². The Labute approximate surface area is 182 Å². The highest BCUT2D eigenvalue weighted by molar-refractivity contribution is 6.33. The number of phenolic OH excluding ortho intramolecular Hbond substituents is 1. The van der Waals surface area contributed by atoms with E-state index in [1.165, 1.54) is 0 Å². The summed E-state index contributed by atoms with van der Waals surface area (Å²) in [5, 5.41) is 21.2. The van der Waals surface area contributed by atoms with E-state index in [0.717, 1.165) is 36.5 Å². The van der Waals surface area contributed by atoms with Crippen molar-refractivity contribution in [3.8, 4) is 17.2 Å².